The second-order valence-corrected chi connectivity index (χ2v) is 6.03. The molecule has 1 aliphatic rings. The third-order valence-corrected chi connectivity index (χ3v) is 4.31. The van der Waals surface area contributed by atoms with Crippen LogP contribution in [0.5, 0.6) is 0 Å². The molecule has 1 aliphatic heterocycles. The summed E-state index contributed by atoms with van der Waals surface area (Å²) in [5.74, 6) is -1.53. The zero-order valence-electron chi connectivity index (χ0n) is 13.7. The molecule has 0 aromatic rings. The third-order valence-electron chi connectivity index (χ3n) is 3.13. The van der Waals surface area contributed by atoms with E-state index >= 15 is 0 Å². The molecule has 3 atom stereocenters. The molecular weight excluding hydrogens is 352 g/mol. The van der Waals surface area contributed by atoms with Crippen LogP contribution >= 0.6 is 11.8 Å². The van der Waals surface area contributed by atoms with Crippen molar-refractivity contribution in [3.05, 3.63) is 25.3 Å². The summed E-state index contributed by atoms with van der Waals surface area (Å²) in [5.41, 5.74) is 5.27. The van der Waals surface area contributed by atoms with Crippen molar-refractivity contribution < 1.29 is 33.4 Å². The molecule has 0 aromatic heterocycles. The van der Waals surface area contributed by atoms with Gasteiger partial charge in [-0.25, -0.2) is 14.5 Å². The van der Waals surface area contributed by atoms with E-state index in [-0.39, 0.29) is 19.8 Å². The average molecular weight is 372 g/mol. The number of imide groups is 1. The van der Waals surface area contributed by atoms with E-state index in [2.05, 4.69) is 17.9 Å². The fraction of sp³-hybridized carbons (Fsp3) is 0.467. The quantitative estimate of drug-likeness (QED) is 0.378. The topological polar surface area (TPSA) is 125 Å². The van der Waals surface area contributed by atoms with Crippen LogP contribution in [0.3, 0.4) is 0 Å². The Hall–Kier alpha value is -2.33. The summed E-state index contributed by atoms with van der Waals surface area (Å²) in [4.78, 5) is 48.1. The minimum atomic E-state index is -0.984. The summed E-state index contributed by atoms with van der Waals surface area (Å²) in [6.45, 7) is 7.85. The summed E-state index contributed by atoms with van der Waals surface area (Å²) in [6.07, 6.45) is -0.118. The number of nitrogens with two attached hydrogens (primary N) is 1. The lowest BCUT2D eigenvalue weighted by molar-refractivity contribution is -0.153. The highest BCUT2D eigenvalue weighted by Gasteiger charge is 2.56. The molecule has 0 saturated carbocycles. The van der Waals surface area contributed by atoms with Crippen molar-refractivity contribution in [3.8, 4) is 0 Å². The number of β-lactam (4-membered cyclic amide) rings is 1. The van der Waals surface area contributed by atoms with Crippen molar-refractivity contribution in [2.45, 2.75) is 18.4 Å². The molecule has 0 unspecified atom stereocenters. The van der Waals surface area contributed by atoms with Crippen molar-refractivity contribution in [1.29, 1.82) is 0 Å². The van der Waals surface area contributed by atoms with Gasteiger partial charge in [0, 0.05) is 0 Å². The molecule has 2 N–H and O–H groups in total. The molecule has 9 nitrogen and oxygen atoms in total. The molecule has 0 aromatic carbocycles. The number of carbonyl (C=O) groups excluding carboxylic acids is 4. The van der Waals surface area contributed by atoms with Crippen molar-refractivity contribution in [1.82, 2.24) is 4.90 Å². The summed E-state index contributed by atoms with van der Waals surface area (Å²) >= 11 is 0.708. The number of likely N-dealkylation sites (tertiary alicyclic amines) is 1. The number of ether oxygens (including phenoxy) is 3. The number of thioether (sulfide) groups is 1. The molecule has 1 rings (SSSR count). The van der Waals surface area contributed by atoms with Crippen LogP contribution in [0.15, 0.2) is 25.3 Å². The Morgan fingerprint density at radius 3 is 2.44 bits per heavy atom. The fourth-order valence-electron chi connectivity index (χ4n) is 2.01. The van der Waals surface area contributed by atoms with E-state index in [0.717, 1.165) is 4.90 Å². The van der Waals surface area contributed by atoms with Gasteiger partial charge in [0.25, 0.3) is 0 Å². The number of carbonyl (C=O) groups is 4. The first-order valence-corrected chi connectivity index (χ1v) is 8.19. The van der Waals surface area contributed by atoms with Crippen LogP contribution in [0, 0.1) is 5.92 Å². The second kappa shape index (κ2) is 9.84. The van der Waals surface area contributed by atoms with E-state index in [4.69, 9.17) is 15.2 Å². The largest absolute Gasteiger partial charge is 0.508 e. The number of nitrogens with zero attached hydrogens (tertiary/aromatic N) is 1. The molecule has 1 fully saturated rings. The Labute approximate surface area is 149 Å². The normalized spacial score (nSPS) is 20.1. The monoisotopic (exact) mass is 372 g/mol. The maximum Gasteiger partial charge on any atom is 0.508 e. The van der Waals surface area contributed by atoms with E-state index < -0.39 is 40.7 Å². The van der Waals surface area contributed by atoms with Crippen LogP contribution in [-0.4, -0.2) is 59.4 Å². The standard InChI is InChI=1S/C15H20N2O7S/c1-4-6-22-14(20)17-12(19)11(13(17)25-10(18)8-16)9(3)24-15(21)23-7-5-2/h4-5,9,11,13H,1-2,6-8,16H2,3H3/t9-,11+,13-/m1/s1. The predicted molar refractivity (Wildman–Crippen MR) is 89.4 cm³/mol. The van der Waals surface area contributed by atoms with Gasteiger partial charge in [-0.1, -0.05) is 37.1 Å². The van der Waals surface area contributed by atoms with Gasteiger partial charge in [0.1, 0.15) is 30.6 Å². The highest BCUT2D eigenvalue weighted by atomic mass is 32.2. The maximum absolute atomic E-state index is 12.3. The van der Waals surface area contributed by atoms with Crippen LogP contribution < -0.4 is 5.73 Å². The Balaban J connectivity index is 2.82. The molecule has 25 heavy (non-hydrogen) atoms. The molecular formula is C15H20N2O7S. The van der Waals surface area contributed by atoms with Gasteiger partial charge < -0.3 is 19.9 Å². The van der Waals surface area contributed by atoms with E-state index in [0.29, 0.717) is 11.8 Å². The highest BCUT2D eigenvalue weighted by molar-refractivity contribution is 8.14. The van der Waals surface area contributed by atoms with Crippen LogP contribution in [0.1, 0.15) is 6.92 Å². The first-order valence-electron chi connectivity index (χ1n) is 7.31. The highest BCUT2D eigenvalue weighted by Crippen LogP contribution is 2.39. The number of rotatable bonds is 8. The minimum absolute atomic E-state index is 0.0476. The van der Waals surface area contributed by atoms with E-state index in [1.165, 1.54) is 19.1 Å². The third kappa shape index (κ3) is 5.33. The van der Waals surface area contributed by atoms with E-state index in [1.54, 1.807) is 0 Å². The lowest BCUT2D eigenvalue weighted by atomic mass is 9.93. The van der Waals surface area contributed by atoms with Gasteiger partial charge >= 0.3 is 12.2 Å². The Morgan fingerprint density at radius 1 is 1.28 bits per heavy atom. The molecule has 0 aliphatic carbocycles. The van der Waals surface area contributed by atoms with Gasteiger partial charge in [-0.05, 0) is 6.92 Å². The van der Waals surface area contributed by atoms with Crippen molar-refractivity contribution >= 4 is 35.0 Å². The molecule has 0 spiro atoms. The Kier molecular flexibility index (Phi) is 8.16. The number of amides is 2. The smallest absolute Gasteiger partial charge is 0.445 e. The van der Waals surface area contributed by atoms with Gasteiger partial charge in [-0.3, -0.25) is 9.59 Å². The lowest BCUT2D eigenvalue weighted by Crippen LogP contribution is -2.65. The molecule has 10 heteroatoms. The van der Waals surface area contributed by atoms with Crippen LogP contribution in [0.25, 0.3) is 0 Å². The molecule has 1 saturated heterocycles. The summed E-state index contributed by atoms with van der Waals surface area (Å²) < 4.78 is 14.5. The number of hydrogen-bond acceptors (Lipinski definition) is 9. The fourth-order valence-corrected chi connectivity index (χ4v) is 3.15. The first-order chi connectivity index (χ1) is 11.9. The summed E-state index contributed by atoms with van der Waals surface area (Å²) in [6, 6.07) is 0. The Morgan fingerprint density at radius 2 is 1.88 bits per heavy atom. The van der Waals surface area contributed by atoms with Gasteiger partial charge in [0.2, 0.25) is 11.0 Å². The number of hydrogen-bond donors (Lipinski definition) is 1. The van der Waals surface area contributed by atoms with Crippen molar-refractivity contribution in [3.63, 3.8) is 0 Å². The van der Waals surface area contributed by atoms with Gasteiger partial charge in [-0.2, -0.15) is 0 Å². The molecule has 0 radical (unpaired) electrons. The zero-order valence-corrected chi connectivity index (χ0v) is 14.5. The summed E-state index contributed by atoms with van der Waals surface area (Å²) in [7, 11) is 0. The Bertz CT molecular complexity index is 566. The minimum Gasteiger partial charge on any atom is -0.445 e. The maximum atomic E-state index is 12.3. The first kappa shape index (κ1) is 20.7. The molecule has 2 amide bonds. The van der Waals surface area contributed by atoms with Crippen molar-refractivity contribution in [2.75, 3.05) is 19.8 Å². The predicted octanol–water partition coefficient (Wildman–Crippen LogP) is 1.04. The average Bonchev–Trinajstić information content (AvgIpc) is 2.57. The van der Waals surface area contributed by atoms with E-state index in [1.807, 2.05) is 0 Å². The zero-order chi connectivity index (χ0) is 19.0. The molecule has 0 bridgehead atoms. The lowest BCUT2D eigenvalue weighted by Gasteiger charge is -2.45. The van der Waals surface area contributed by atoms with Gasteiger partial charge in [0.05, 0.1) is 6.54 Å². The van der Waals surface area contributed by atoms with Gasteiger partial charge in [-0.15, -0.1) is 0 Å². The van der Waals surface area contributed by atoms with Crippen LogP contribution in [0.4, 0.5) is 9.59 Å². The van der Waals surface area contributed by atoms with Gasteiger partial charge in [0.15, 0.2) is 0 Å². The molecule has 1 heterocycles. The SMILES string of the molecule is C=CCOC(=O)O[C@H](C)[C@H]1C(=O)N(C(=O)OCC=C)[C@@H]1SC(=O)CN. The second-order valence-electron chi connectivity index (χ2n) is 4.86. The van der Waals surface area contributed by atoms with Crippen LogP contribution in [0.2, 0.25) is 0 Å². The molecule has 138 valence electrons. The van der Waals surface area contributed by atoms with Crippen LogP contribution in [-0.2, 0) is 23.8 Å². The van der Waals surface area contributed by atoms with Crippen molar-refractivity contribution in [2.24, 2.45) is 11.7 Å². The summed E-state index contributed by atoms with van der Waals surface area (Å²) in [5, 5.41) is -1.31. The van der Waals surface area contributed by atoms with E-state index in [9.17, 15) is 19.2 Å².